The largest absolute Gasteiger partial charge is 0.325 e. The lowest BCUT2D eigenvalue weighted by molar-refractivity contribution is 0.190. The van der Waals surface area contributed by atoms with Crippen molar-refractivity contribution in [2.75, 3.05) is 0 Å². The van der Waals surface area contributed by atoms with E-state index in [4.69, 9.17) is 5.73 Å². The summed E-state index contributed by atoms with van der Waals surface area (Å²) < 4.78 is 0. The van der Waals surface area contributed by atoms with Crippen LogP contribution >= 0.6 is 0 Å². The van der Waals surface area contributed by atoms with E-state index < -0.39 is 0 Å². The maximum atomic E-state index is 6.60. The van der Waals surface area contributed by atoms with Gasteiger partial charge in [-0.1, -0.05) is 45.4 Å². The molecule has 0 saturated heterocycles. The molecular formula is C15H29N. The van der Waals surface area contributed by atoms with Gasteiger partial charge in [0, 0.05) is 5.54 Å². The second kappa shape index (κ2) is 5.53. The Kier molecular flexibility index (Phi) is 4.29. The molecule has 0 aliphatic heterocycles. The van der Waals surface area contributed by atoms with Gasteiger partial charge in [0.2, 0.25) is 0 Å². The summed E-state index contributed by atoms with van der Waals surface area (Å²) in [6, 6.07) is 0. The SMILES string of the molecule is CCCC1CCC(N)(CC2CCCC2)CC1. The summed E-state index contributed by atoms with van der Waals surface area (Å²) in [5.74, 6) is 1.96. The van der Waals surface area contributed by atoms with Crippen LogP contribution in [0.2, 0.25) is 0 Å². The molecule has 0 atom stereocenters. The number of hydrogen-bond donors (Lipinski definition) is 1. The van der Waals surface area contributed by atoms with E-state index >= 15 is 0 Å². The van der Waals surface area contributed by atoms with Crippen molar-refractivity contribution in [1.82, 2.24) is 0 Å². The van der Waals surface area contributed by atoms with Gasteiger partial charge in [-0.2, -0.15) is 0 Å². The quantitative estimate of drug-likeness (QED) is 0.757. The van der Waals surface area contributed by atoms with Crippen LogP contribution in [0.1, 0.15) is 77.6 Å². The first-order valence-electron chi connectivity index (χ1n) is 7.51. The van der Waals surface area contributed by atoms with Crippen LogP contribution in [0.3, 0.4) is 0 Å². The van der Waals surface area contributed by atoms with Gasteiger partial charge in [0.05, 0.1) is 0 Å². The predicted molar refractivity (Wildman–Crippen MR) is 70.4 cm³/mol. The van der Waals surface area contributed by atoms with Crippen molar-refractivity contribution in [3.63, 3.8) is 0 Å². The molecule has 0 aromatic carbocycles. The van der Waals surface area contributed by atoms with E-state index in [0.29, 0.717) is 0 Å². The van der Waals surface area contributed by atoms with Crippen LogP contribution in [0.25, 0.3) is 0 Å². The molecule has 0 aromatic rings. The number of nitrogens with two attached hydrogens (primary N) is 1. The Balaban J connectivity index is 1.76. The topological polar surface area (TPSA) is 26.0 Å². The summed E-state index contributed by atoms with van der Waals surface area (Å²) in [5.41, 5.74) is 6.82. The van der Waals surface area contributed by atoms with E-state index in [1.165, 1.54) is 70.6 Å². The third kappa shape index (κ3) is 3.23. The zero-order valence-electron chi connectivity index (χ0n) is 11.0. The van der Waals surface area contributed by atoms with Gasteiger partial charge in [-0.25, -0.2) is 0 Å². The molecule has 2 aliphatic rings. The fourth-order valence-electron chi connectivity index (χ4n) is 3.94. The summed E-state index contributed by atoms with van der Waals surface area (Å²) in [7, 11) is 0. The van der Waals surface area contributed by atoms with Crippen molar-refractivity contribution < 1.29 is 0 Å². The monoisotopic (exact) mass is 223 g/mol. The molecule has 2 fully saturated rings. The summed E-state index contributed by atoms with van der Waals surface area (Å²) in [5, 5.41) is 0. The van der Waals surface area contributed by atoms with E-state index in [0.717, 1.165) is 11.8 Å². The van der Waals surface area contributed by atoms with E-state index in [-0.39, 0.29) is 5.54 Å². The molecule has 94 valence electrons. The van der Waals surface area contributed by atoms with Gasteiger partial charge < -0.3 is 5.73 Å². The summed E-state index contributed by atoms with van der Waals surface area (Å²) in [6.45, 7) is 2.31. The molecular weight excluding hydrogens is 194 g/mol. The lowest BCUT2D eigenvalue weighted by atomic mass is 9.72. The Bertz CT molecular complexity index is 197. The van der Waals surface area contributed by atoms with Crippen molar-refractivity contribution in [3.05, 3.63) is 0 Å². The molecule has 0 spiro atoms. The highest BCUT2D eigenvalue weighted by Crippen LogP contribution is 2.39. The van der Waals surface area contributed by atoms with Crippen LogP contribution < -0.4 is 5.73 Å². The Morgan fingerprint density at radius 1 is 1.00 bits per heavy atom. The van der Waals surface area contributed by atoms with Crippen molar-refractivity contribution in [3.8, 4) is 0 Å². The molecule has 2 aliphatic carbocycles. The maximum Gasteiger partial charge on any atom is 0.0157 e. The van der Waals surface area contributed by atoms with Crippen LogP contribution in [0.15, 0.2) is 0 Å². The average molecular weight is 223 g/mol. The highest BCUT2D eigenvalue weighted by atomic mass is 14.7. The lowest BCUT2D eigenvalue weighted by Gasteiger charge is -2.39. The molecule has 2 saturated carbocycles. The maximum absolute atomic E-state index is 6.60. The van der Waals surface area contributed by atoms with Gasteiger partial charge in [0.1, 0.15) is 0 Å². The van der Waals surface area contributed by atoms with Crippen LogP contribution in [0.5, 0.6) is 0 Å². The molecule has 1 heteroatoms. The summed E-state index contributed by atoms with van der Waals surface area (Å²) in [6.07, 6.45) is 15.3. The van der Waals surface area contributed by atoms with Crippen molar-refractivity contribution in [1.29, 1.82) is 0 Å². The Morgan fingerprint density at radius 2 is 1.62 bits per heavy atom. The predicted octanol–water partition coefficient (Wildman–Crippen LogP) is 4.25. The average Bonchev–Trinajstić information content (AvgIpc) is 2.74. The first-order chi connectivity index (χ1) is 7.72. The molecule has 1 nitrogen and oxygen atoms in total. The molecule has 0 radical (unpaired) electrons. The minimum Gasteiger partial charge on any atom is -0.325 e. The molecule has 0 bridgehead atoms. The zero-order chi connectivity index (χ0) is 11.4. The fraction of sp³-hybridized carbons (Fsp3) is 1.00. The highest BCUT2D eigenvalue weighted by Gasteiger charge is 2.34. The molecule has 16 heavy (non-hydrogen) atoms. The first kappa shape index (κ1) is 12.4. The molecule has 0 amide bonds. The fourth-order valence-corrected chi connectivity index (χ4v) is 3.94. The second-order valence-corrected chi connectivity index (χ2v) is 6.45. The first-order valence-corrected chi connectivity index (χ1v) is 7.51. The van der Waals surface area contributed by atoms with Crippen LogP contribution in [0.4, 0.5) is 0 Å². The Hall–Kier alpha value is -0.0400. The van der Waals surface area contributed by atoms with E-state index in [1.807, 2.05) is 0 Å². The Morgan fingerprint density at radius 3 is 2.19 bits per heavy atom. The smallest absolute Gasteiger partial charge is 0.0157 e. The highest BCUT2D eigenvalue weighted by molar-refractivity contribution is 4.92. The zero-order valence-corrected chi connectivity index (χ0v) is 11.0. The van der Waals surface area contributed by atoms with E-state index in [2.05, 4.69) is 6.92 Å². The second-order valence-electron chi connectivity index (χ2n) is 6.45. The van der Waals surface area contributed by atoms with Crippen LogP contribution in [-0.2, 0) is 0 Å². The summed E-state index contributed by atoms with van der Waals surface area (Å²) >= 11 is 0. The van der Waals surface area contributed by atoms with Gasteiger partial charge in [-0.3, -0.25) is 0 Å². The van der Waals surface area contributed by atoms with Gasteiger partial charge in [0.15, 0.2) is 0 Å². The van der Waals surface area contributed by atoms with Gasteiger partial charge in [-0.15, -0.1) is 0 Å². The molecule has 0 aromatic heterocycles. The lowest BCUT2D eigenvalue weighted by Crippen LogP contribution is -2.44. The molecule has 2 rings (SSSR count). The van der Waals surface area contributed by atoms with Crippen LogP contribution in [-0.4, -0.2) is 5.54 Å². The van der Waals surface area contributed by atoms with Crippen molar-refractivity contribution in [2.24, 2.45) is 17.6 Å². The third-order valence-electron chi connectivity index (χ3n) is 4.97. The Labute approximate surface area is 101 Å². The number of hydrogen-bond acceptors (Lipinski definition) is 1. The van der Waals surface area contributed by atoms with Gasteiger partial charge in [0.25, 0.3) is 0 Å². The number of rotatable bonds is 4. The van der Waals surface area contributed by atoms with E-state index in [1.54, 1.807) is 0 Å². The molecule has 0 heterocycles. The molecule has 2 N–H and O–H groups in total. The normalized spacial score (nSPS) is 36.8. The van der Waals surface area contributed by atoms with Crippen molar-refractivity contribution >= 4 is 0 Å². The third-order valence-corrected chi connectivity index (χ3v) is 4.97. The standard InChI is InChI=1S/C15H29N/c1-2-5-13-8-10-15(16,11-9-13)12-14-6-3-4-7-14/h13-14H,2-12,16H2,1H3. The van der Waals surface area contributed by atoms with Gasteiger partial charge in [-0.05, 0) is 43.9 Å². The van der Waals surface area contributed by atoms with E-state index in [9.17, 15) is 0 Å². The van der Waals surface area contributed by atoms with Crippen LogP contribution in [0, 0.1) is 11.8 Å². The minimum atomic E-state index is 0.221. The minimum absolute atomic E-state index is 0.221. The summed E-state index contributed by atoms with van der Waals surface area (Å²) in [4.78, 5) is 0. The molecule has 0 unspecified atom stereocenters. The van der Waals surface area contributed by atoms with Gasteiger partial charge >= 0.3 is 0 Å². The van der Waals surface area contributed by atoms with Crippen molar-refractivity contribution in [2.45, 2.75) is 83.1 Å².